The van der Waals surface area contributed by atoms with Crippen molar-refractivity contribution in [3.8, 4) is 0 Å². The first-order valence-corrected chi connectivity index (χ1v) is 9.32. The van der Waals surface area contributed by atoms with Crippen molar-refractivity contribution in [2.45, 2.75) is 37.5 Å². The molecule has 2 N–H and O–H groups in total. The van der Waals surface area contributed by atoms with Crippen LogP contribution in [0, 0.1) is 5.82 Å². The summed E-state index contributed by atoms with van der Waals surface area (Å²) >= 11 is 0. The van der Waals surface area contributed by atoms with Gasteiger partial charge in [0.25, 0.3) is 0 Å². The number of halogens is 1. The largest absolute Gasteiger partial charge is 0.356 e. The molecule has 0 atom stereocenters. The number of guanidine groups is 1. The third-order valence-electron chi connectivity index (χ3n) is 5.23. The topological polar surface area (TPSA) is 49.3 Å². The van der Waals surface area contributed by atoms with Gasteiger partial charge in [-0.15, -0.1) is 0 Å². The highest BCUT2D eigenvalue weighted by Crippen LogP contribution is 2.40. The summed E-state index contributed by atoms with van der Waals surface area (Å²) in [5.74, 6) is 0.621. The Morgan fingerprint density at radius 2 is 1.88 bits per heavy atom. The number of benzene rings is 1. The Labute approximate surface area is 155 Å². The molecule has 0 spiro atoms. The van der Waals surface area contributed by atoms with Gasteiger partial charge in [-0.25, -0.2) is 4.39 Å². The van der Waals surface area contributed by atoms with Gasteiger partial charge in [-0.1, -0.05) is 31.0 Å². The fourth-order valence-corrected chi connectivity index (χ4v) is 3.75. The zero-order valence-electron chi connectivity index (χ0n) is 15.3. The zero-order chi connectivity index (χ0) is 18.2. The summed E-state index contributed by atoms with van der Waals surface area (Å²) in [5, 5.41) is 6.83. The highest BCUT2D eigenvalue weighted by atomic mass is 19.1. The predicted molar refractivity (Wildman–Crippen MR) is 104 cm³/mol. The normalized spacial score (nSPS) is 16.5. The van der Waals surface area contributed by atoms with E-state index in [1.54, 1.807) is 19.2 Å². The smallest absolute Gasteiger partial charge is 0.191 e. The first kappa shape index (κ1) is 18.4. The van der Waals surface area contributed by atoms with Crippen LogP contribution >= 0.6 is 0 Å². The van der Waals surface area contributed by atoms with Gasteiger partial charge in [-0.05, 0) is 42.7 Å². The third kappa shape index (κ3) is 4.59. The van der Waals surface area contributed by atoms with Crippen LogP contribution in [-0.2, 0) is 11.8 Å². The van der Waals surface area contributed by atoms with Gasteiger partial charge < -0.3 is 10.6 Å². The molecule has 0 bridgehead atoms. The maximum absolute atomic E-state index is 13.3. The molecule has 3 rings (SSSR count). The number of nitrogens with one attached hydrogen (secondary N) is 2. The number of nitrogens with zero attached hydrogens (tertiary/aromatic N) is 2. The van der Waals surface area contributed by atoms with Gasteiger partial charge in [-0.3, -0.25) is 9.98 Å². The van der Waals surface area contributed by atoms with Crippen LogP contribution in [0.25, 0.3) is 0 Å². The van der Waals surface area contributed by atoms with Crippen molar-refractivity contribution in [1.29, 1.82) is 0 Å². The van der Waals surface area contributed by atoms with Crippen LogP contribution in [0.15, 0.2) is 53.7 Å². The molecule has 2 aromatic rings. The molecular formula is C21H27FN4. The van der Waals surface area contributed by atoms with Gasteiger partial charge in [0.15, 0.2) is 5.96 Å². The van der Waals surface area contributed by atoms with E-state index in [4.69, 9.17) is 0 Å². The van der Waals surface area contributed by atoms with Crippen LogP contribution in [0.4, 0.5) is 4.39 Å². The molecule has 26 heavy (non-hydrogen) atoms. The number of aliphatic imine (C=N–C) groups is 1. The van der Waals surface area contributed by atoms with E-state index in [-0.39, 0.29) is 11.2 Å². The number of aromatic nitrogens is 1. The highest BCUT2D eigenvalue weighted by Gasteiger charge is 2.35. The van der Waals surface area contributed by atoms with Gasteiger partial charge in [0.2, 0.25) is 0 Å². The molecule has 0 amide bonds. The van der Waals surface area contributed by atoms with E-state index in [0.29, 0.717) is 0 Å². The maximum Gasteiger partial charge on any atom is 0.191 e. The Morgan fingerprint density at radius 1 is 1.12 bits per heavy atom. The third-order valence-corrected chi connectivity index (χ3v) is 5.23. The number of hydrogen-bond acceptors (Lipinski definition) is 2. The SMILES string of the molecule is CN=C(NCCc1ccccn1)NCC1(c2ccc(F)cc2)CCCC1. The summed E-state index contributed by atoms with van der Waals surface area (Å²) in [6.07, 6.45) is 7.34. The Bertz CT molecular complexity index is 707. The van der Waals surface area contributed by atoms with Gasteiger partial charge in [0.05, 0.1) is 0 Å². The van der Waals surface area contributed by atoms with Crippen LogP contribution in [0.5, 0.6) is 0 Å². The fourth-order valence-electron chi connectivity index (χ4n) is 3.75. The molecule has 138 valence electrons. The molecule has 1 aliphatic carbocycles. The zero-order valence-corrected chi connectivity index (χ0v) is 15.3. The summed E-state index contributed by atoms with van der Waals surface area (Å²) in [7, 11) is 1.79. The van der Waals surface area contributed by atoms with Crippen molar-refractivity contribution in [3.63, 3.8) is 0 Å². The minimum Gasteiger partial charge on any atom is -0.356 e. The molecular weight excluding hydrogens is 327 g/mol. The number of pyridine rings is 1. The first-order chi connectivity index (χ1) is 12.7. The summed E-state index contributed by atoms with van der Waals surface area (Å²) in [6, 6.07) is 12.9. The molecule has 1 aromatic heterocycles. The van der Waals surface area contributed by atoms with Gasteiger partial charge >= 0.3 is 0 Å². The van der Waals surface area contributed by atoms with Gasteiger partial charge in [0, 0.05) is 43.9 Å². The molecule has 1 fully saturated rings. The monoisotopic (exact) mass is 354 g/mol. The average molecular weight is 354 g/mol. The molecule has 0 aliphatic heterocycles. The second-order valence-corrected chi connectivity index (χ2v) is 6.92. The highest BCUT2D eigenvalue weighted by molar-refractivity contribution is 5.79. The van der Waals surface area contributed by atoms with E-state index in [0.717, 1.165) is 44.0 Å². The Kier molecular flexibility index (Phi) is 6.21. The minimum atomic E-state index is -0.179. The van der Waals surface area contributed by atoms with Gasteiger partial charge in [0.1, 0.15) is 5.82 Å². The lowest BCUT2D eigenvalue weighted by Crippen LogP contribution is -2.45. The summed E-state index contributed by atoms with van der Waals surface area (Å²) in [5.41, 5.74) is 2.34. The molecule has 0 saturated heterocycles. The van der Waals surface area contributed by atoms with Crippen molar-refractivity contribution in [1.82, 2.24) is 15.6 Å². The lowest BCUT2D eigenvalue weighted by molar-refractivity contribution is 0.431. The van der Waals surface area contributed by atoms with Crippen LogP contribution < -0.4 is 10.6 Å². The van der Waals surface area contributed by atoms with Crippen molar-refractivity contribution in [3.05, 3.63) is 65.7 Å². The van der Waals surface area contributed by atoms with E-state index in [1.807, 2.05) is 36.5 Å². The van der Waals surface area contributed by atoms with Crippen LogP contribution in [-0.4, -0.2) is 31.1 Å². The molecule has 1 heterocycles. The summed E-state index contributed by atoms with van der Waals surface area (Å²) in [6.45, 7) is 1.59. The fraction of sp³-hybridized carbons (Fsp3) is 0.429. The van der Waals surface area contributed by atoms with Crippen molar-refractivity contribution in [2.75, 3.05) is 20.1 Å². The molecule has 4 nitrogen and oxygen atoms in total. The van der Waals surface area contributed by atoms with Crippen molar-refractivity contribution >= 4 is 5.96 Å². The maximum atomic E-state index is 13.3. The van der Waals surface area contributed by atoms with Crippen molar-refractivity contribution in [2.24, 2.45) is 4.99 Å². The molecule has 0 radical (unpaired) electrons. The van der Waals surface area contributed by atoms with Crippen molar-refractivity contribution < 1.29 is 4.39 Å². The van der Waals surface area contributed by atoms with Crippen LogP contribution in [0.2, 0.25) is 0 Å². The number of rotatable bonds is 6. The van der Waals surface area contributed by atoms with Crippen LogP contribution in [0.3, 0.4) is 0 Å². The Morgan fingerprint density at radius 3 is 2.54 bits per heavy atom. The Balaban J connectivity index is 1.56. The lowest BCUT2D eigenvalue weighted by atomic mass is 9.79. The average Bonchev–Trinajstić information content (AvgIpc) is 3.16. The molecule has 1 saturated carbocycles. The number of hydrogen-bond donors (Lipinski definition) is 2. The van der Waals surface area contributed by atoms with Gasteiger partial charge in [-0.2, -0.15) is 0 Å². The summed E-state index contributed by atoms with van der Waals surface area (Å²) < 4.78 is 13.3. The van der Waals surface area contributed by atoms with Crippen LogP contribution in [0.1, 0.15) is 36.9 Å². The Hall–Kier alpha value is -2.43. The van der Waals surface area contributed by atoms with E-state index >= 15 is 0 Å². The predicted octanol–water partition coefficient (Wildman–Crippen LogP) is 3.44. The first-order valence-electron chi connectivity index (χ1n) is 9.32. The van der Waals surface area contributed by atoms with E-state index in [9.17, 15) is 4.39 Å². The summed E-state index contributed by atoms with van der Waals surface area (Å²) in [4.78, 5) is 8.67. The lowest BCUT2D eigenvalue weighted by Gasteiger charge is -2.31. The quantitative estimate of drug-likeness (QED) is 0.617. The van der Waals surface area contributed by atoms with E-state index in [2.05, 4.69) is 20.6 Å². The molecule has 1 aliphatic rings. The van der Waals surface area contributed by atoms with E-state index < -0.39 is 0 Å². The molecule has 0 unspecified atom stereocenters. The van der Waals surface area contributed by atoms with E-state index in [1.165, 1.54) is 18.4 Å². The molecule has 5 heteroatoms. The standard InChI is InChI=1S/C21H27FN4/c1-23-20(25-15-11-19-6-2-5-14-24-19)26-16-21(12-3-4-13-21)17-7-9-18(22)10-8-17/h2,5-10,14H,3-4,11-13,15-16H2,1H3,(H2,23,25,26). The minimum absolute atomic E-state index is 0.0618. The second-order valence-electron chi connectivity index (χ2n) is 6.92. The second kappa shape index (κ2) is 8.79. The molecule has 1 aromatic carbocycles.